The SMILES string of the molecule is Cn1nnc2ccc(C3=CCCCc4nc(NCC5(C(F)(F)F)CC5)ncc43)cc21. The molecule has 6 nitrogen and oxygen atoms in total. The molecule has 2 heterocycles. The summed E-state index contributed by atoms with van der Waals surface area (Å²) < 4.78 is 41.3. The minimum absolute atomic E-state index is 0.159. The maximum absolute atomic E-state index is 13.2. The van der Waals surface area contributed by atoms with Crippen molar-refractivity contribution in [2.24, 2.45) is 12.5 Å². The first kappa shape index (κ1) is 19.0. The number of aryl methyl sites for hydroxylation is 2. The van der Waals surface area contributed by atoms with Crippen LogP contribution in [0.5, 0.6) is 0 Å². The molecule has 9 heteroatoms. The molecule has 1 fully saturated rings. The number of alkyl halides is 3. The second-order valence-electron chi connectivity index (χ2n) is 8.11. The monoisotopic (exact) mass is 414 g/mol. The lowest BCUT2D eigenvalue weighted by Crippen LogP contribution is -2.32. The van der Waals surface area contributed by atoms with Crippen molar-refractivity contribution in [1.29, 1.82) is 0 Å². The van der Waals surface area contributed by atoms with Crippen LogP contribution in [0.15, 0.2) is 30.5 Å². The lowest BCUT2D eigenvalue weighted by Gasteiger charge is -2.20. The molecule has 2 aliphatic carbocycles. The third kappa shape index (κ3) is 3.22. The van der Waals surface area contributed by atoms with Crippen LogP contribution in [0.4, 0.5) is 19.1 Å². The fraction of sp³-hybridized carbons (Fsp3) is 0.429. The zero-order valence-corrected chi connectivity index (χ0v) is 16.5. The fourth-order valence-electron chi connectivity index (χ4n) is 3.97. The van der Waals surface area contributed by atoms with Crippen LogP contribution in [0.25, 0.3) is 16.6 Å². The van der Waals surface area contributed by atoms with E-state index in [4.69, 9.17) is 0 Å². The summed E-state index contributed by atoms with van der Waals surface area (Å²) in [7, 11) is 1.85. The van der Waals surface area contributed by atoms with Crippen molar-refractivity contribution < 1.29 is 13.2 Å². The summed E-state index contributed by atoms with van der Waals surface area (Å²) in [5, 5.41) is 11.0. The molecule has 0 atom stereocenters. The largest absolute Gasteiger partial charge is 0.396 e. The van der Waals surface area contributed by atoms with E-state index in [0.29, 0.717) is 0 Å². The standard InChI is InChI=1S/C21H21F3N6/c1-30-18-10-13(6-7-17(18)28-29-30)14-4-2-3-5-16-15(14)11-25-19(27-16)26-12-20(8-9-20)21(22,23)24/h4,6-7,10-11H,2-3,5,8-9,12H2,1H3,(H,25,26,27). The average molecular weight is 414 g/mol. The lowest BCUT2D eigenvalue weighted by molar-refractivity contribution is -0.182. The van der Waals surface area contributed by atoms with E-state index in [2.05, 4.69) is 31.7 Å². The molecule has 0 saturated heterocycles. The Morgan fingerprint density at radius 2 is 2.07 bits per heavy atom. The fourth-order valence-corrected chi connectivity index (χ4v) is 3.97. The van der Waals surface area contributed by atoms with Crippen LogP contribution < -0.4 is 5.32 Å². The topological polar surface area (TPSA) is 68.5 Å². The maximum atomic E-state index is 13.2. The Labute approximate surface area is 171 Å². The van der Waals surface area contributed by atoms with Crippen LogP contribution in [0.1, 0.15) is 42.5 Å². The summed E-state index contributed by atoms with van der Waals surface area (Å²) in [6, 6.07) is 5.99. The van der Waals surface area contributed by atoms with Gasteiger partial charge in [-0.3, -0.25) is 0 Å². The second-order valence-corrected chi connectivity index (χ2v) is 8.11. The van der Waals surface area contributed by atoms with Gasteiger partial charge in [0.15, 0.2) is 0 Å². The molecule has 30 heavy (non-hydrogen) atoms. The number of rotatable bonds is 4. The molecule has 1 saturated carbocycles. The summed E-state index contributed by atoms with van der Waals surface area (Å²) in [5.41, 5.74) is 3.97. The van der Waals surface area contributed by atoms with E-state index in [-0.39, 0.29) is 25.3 Å². The van der Waals surface area contributed by atoms with Crippen LogP contribution in [0.2, 0.25) is 0 Å². The van der Waals surface area contributed by atoms with E-state index in [1.807, 2.05) is 25.2 Å². The smallest absolute Gasteiger partial charge is 0.353 e. The van der Waals surface area contributed by atoms with Crippen LogP contribution >= 0.6 is 0 Å². The van der Waals surface area contributed by atoms with Crippen LogP contribution in [-0.4, -0.2) is 37.7 Å². The molecule has 0 amide bonds. The van der Waals surface area contributed by atoms with Gasteiger partial charge in [-0.15, -0.1) is 5.10 Å². The number of allylic oxidation sites excluding steroid dienone is 1. The average Bonchev–Trinajstić information content (AvgIpc) is 3.48. The zero-order chi connectivity index (χ0) is 20.9. The predicted octanol–water partition coefficient (Wildman–Crippen LogP) is 4.28. The first-order valence-corrected chi connectivity index (χ1v) is 10.0. The van der Waals surface area contributed by atoms with Crippen molar-refractivity contribution in [3.8, 4) is 0 Å². The molecule has 0 bridgehead atoms. The van der Waals surface area contributed by atoms with Crippen molar-refractivity contribution in [3.05, 3.63) is 47.3 Å². The van der Waals surface area contributed by atoms with Gasteiger partial charge in [0, 0.05) is 25.4 Å². The van der Waals surface area contributed by atoms with Gasteiger partial charge in [-0.1, -0.05) is 17.4 Å². The minimum atomic E-state index is -4.19. The van der Waals surface area contributed by atoms with Crippen LogP contribution in [0.3, 0.4) is 0 Å². The Balaban J connectivity index is 1.44. The molecule has 156 valence electrons. The first-order chi connectivity index (χ1) is 14.4. The molecular weight excluding hydrogens is 393 g/mol. The molecule has 0 radical (unpaired) electrons. The minimum Gasteiger partial charge on any atom is -0.353 e. The molecule has 0 unspecified atom stereocenters. The number of hydrogen-bond donors (Lipinski definition) is 1. The highest BCUT2D eigenvalue weighted by Gasteiger charge is 2.62. The van der Waals surface area contributed by atoms with Gasteiger partial charge >= 0.3 is 6.18 Å². The summed E-state index contributed by atoms with van der Waals surface area (Å²) in [4.78, 5) is 8.90. The highest BCUT2D eigenvalue weighted by Crippen LogP contribution is 2.57. The van der Waals surface area contributed by atoms with Gasteiger partial charge in [-0.05, 0) is 55.4 Å². The van der Waals surface area contributed by atoms with Gasteiger partial charge in [-0.2, -0.15) is 13.2 Å². The number of nitrogens with zero attached hydrogens (tertiary/aromatic N) is 5. The summed E-state index contributed by atoms with van der Waals surface area (Å²) in [6.45, 7) is -0.178. The van der Waals surface area contributed by atoms with Gasteiger partial charge in [0.1, 0.15) is 5.52 Å². The molecular formula is C21H21F3N6. The van der Waals surface area contributed by atoms with Crippen LogP contribution in [-0.2, 0) is 13.5 Å². The van der Waals surface area contributed by atoms with E-state index < -0.39 is 11.6 Å². The molecule has 0 spiro atoms. The van der Waals surface area contributed by atoms with E-state index in [9.17, 15) is 13.2 Å². The third-order valence-corrected chi connectivity index (χ3v) is 6.09. The summed E-state index contributed by atoms with van der Waals surface area (Å²) >= 11 is 0. The number of halogens is 3. The molecule has 5 rings (SSSR count). The number of anilines is 1. The van der Waals surface area contributed by atoms with E-state index in [1.165, 1.54) is 0 Å². The Hall–Kier alpha value is -2.97. The number of benzene rings is 1. The molecule has 1 N–H and O–H groups in total. The molecule has 2 aromatic heterocycles. The van der Waals surface area contributed by atoms with Gasteiger partial charge in [0.25, 0.3) is 0 Å². The summed E-state index contributed by atoms with van der Waals surface area (Å²) in [6.07, 6.45) is 2.60. The summed E-state index contributed by atoms with van der Waals surface area (Å²) in [5.74, 6) is 0.261. The quantitative estimate of drug-likeness (QED) is 0.690. The number of nitrogens with one attached hydrogen (secondary N) is 1. The highest BCUT2D eigenvalue weighted by molar-refractivity contribution is 5.86. The number of hydrogen-bond acceptors (Lipinski definition) is 5. The molecule has 1 aromatic carbocycles. The second kappa shape index (κ2) is 6.78. The van der Waals surface area contributed by atoms with Crippen molar-refractivity contribution >= 4 is 22.6 Å². The van der Waals surface area contributed by atoms with Gasteiger partial charge < -0.3 is 5.32 Å². The van der Waals surface area contributed by atoms with Gasteiger partial charge in [-0.25, -0.2) is 14.6 Å². The highest BCUT2D eigenvalue weighted by atomic mass is 19.4. The van der Waals surface area contributed by atoms with Crippen molar-refractivity contribution in [1.82, 2.24) is 25.0 Å². The van der Waals surface area contributed by atoms with Gasteiger partial charge in [0.05, 0.1) is 16.6 Å². The van der Waals surface area contributed by atoms with E-state index in [1.54, 1.807) is 10.9 Å². The van der Waals surface area contributed by atoms with Crippen molar-refractivity contribution in [2.45, 2.75) is 38.3 Å². The third-order valence-electron chi connectivity index (χ3n) is 6.09. The Bertz CT molecular complexity index is 1140. The molecule has 2 aliphatic rings. The lowest BCUT2D eigenvalue weighted by atomic mass is 9.97. The number of aromatic nitrogens is 5. The van der Waals surface area contributed by atoms with Crippen molar-refractivity contribution in [2.75, 3.05) is 11.9 Å². The van der Waals surface area contributed by atoms with Gasteiger partial charge in [0.2, 0.25) is 5.95 Å². The normalized spacial score (nSPS) is 17.9. The van der Waals surface area contributed by atoms with Crippen LogP contribution in [0, 0.1) is 5.41 Å². The zero-order valence-electron chi connectivity index (χ0n) is 16.5. The predicted molar refractivity (Wildman–Crippen MR) is 107 cm³/mol. The Kier molecular flexibility index (Phi) is 4.30. The Morgan fingerprint density at radius 3 is 2.83 bits per heavy atom. The molecule has 0 aliphatic heterocycles. The molecule has 3 aromatic rings. The van der Waals surface area contributed by atoms with Crippen molar-refractivity contribution in [3.63, 3.8) is 0 Å². The maximum Gasteiger partial charge on any atom is 0.396 e. The number of fused-ring (bicyclic) bond motifs is 2. The first-order valence-electron chi connectivity index (χ1n) is 10.0. The Morgan fingerprint density at radius 1 is 1.23 bits per heavy atom. The van der Waals surface area contributed by atoms with E-state index >= 15 is 0 Å². The van der Waals surface area contributed by atoms with E-state index in [0.717, 1.165) is 52.7 Å².